The number of nitro groups is 1. The molecule has 0 N–H and O–H groups in total. The van der Waals surface area contributed by atoms with Crippen LogP contribution >= 0.6 is 11.8 Å². The largest absolute Gasteiger partial charge is 0.359 e. The Bertz CT molecular complexity index is 1220. The maximum absolute atomic E-state index is 13.1. The number of non-ortho nitro benzene ring substituents is 1. The third kappa shape index (κ3) is 2.93. The van der Waals surface area contributed by atoms with Crippen LogP contribution in [0.5, 0.6) is 0 Å². The van der Waals surface area contributed by atoms with Gasteiger partial charge in [0.2, 0.25) is 5.91 Å². The van der Waals surface area contributed by atoms with E-state index in [-0.39, 0.29) is 17.3 Å². The fraction of sp³-hybridized carbons (Fsp3) is 0.190. The van der Waals surface area contributed by atoms with Crippen LogP contribution in [-0.2, 0) is 9.63 Å². The van der Waals surface area contributed by atoms with Crippen molar-refractivity contribution in [2.24, 2.45) is 5.16 Å². The fourth-order valence-corrected chi connectivity index (χ4v) is 5.01. The summed E-state index contributed by atoms with van der Waals surface area (Å²) in [7, 11) is 0. The summed E-state index contributed by atoms with van der Waals surface area (Å²) < 4.78 is 5.32. The monoisotopic (exact) mass is 451 g/mol. The van der Waals surface area contributed by atoms with E-state index in [0.29, 0.717) is 28.5 Å². The molecule has 1 saturated heterocycles. The number of thioether (sulfide) groups is 1. The van der Waals surface area contributed by atoms with E-state index in [1.54, 1.807) is 26.0 Å². The first-order valence-corrected chi connectivity index (χ1v) is 10.7. The Kier molecular flexibility index (Phi) is 4.63. The third-order valence-corrected chi connectivity index (χ3v) is 6.44. The highest BCUT2D eigenvalue weighted by atomic mass is 32.2. The topological polar surface area (TPSA) is 114 Å². The second-order valence-corrected chi connectivity index (χ2v) is 8.33. The number of aryl methyl sites for hydroxylation is 2. The highest BCUT2D eigenvalue weighted by molar-refractivity contribution is 8.02. The minimum atomic E-state index is -1.34. The molecule has 0 bridgehead atoms. The molecule has 1 fully saturated rings. The number of amides is 1. The first-order chi connectivity index (χ1) is 15.4. The van der Waals surface area contributed by atoms with E-state index < -0.39 is 10.1 Å². The van der Waals surface area contributed by atoms with E-state index in [1.807, 2.05) is 35.2 Å². The summed E-state index contributed by atoms with van der Waals surface area (Å²) in [6, 6.07) is 15.4. The summed E-state index contributed by atoms with van der Waals surface area (Å²) in [5.41, 5.74) is 2.40. The second kappa shape index (κ2) is 7.38. The minimum absolute atomic E-state index is 0.0305. The molecule has 5 rings (SSSR count). The van der Waals surface area contributed by atoms with Gasteiger partial charge in [0.05, 0.1) is 10.7 Å². The molecule has 3 aromatic rings. The minimum Gasteiger partial charge on any atom is -0.359 e. The number of aromatic nitrogens is 1. The average Bonchev–Trinajstić information content (AvgIpc) is 3.45. The van der Waals surface area contributed by atoms with Gasteiger partial charge in [0.1, 0.15) is 11.4 Å². The summed E-state index contributed by atoms with van der Waals surface area (Å²) in [5.74, 6) is 0.893. The molecule has 162 valence electrons. The van der Waals surface area contributed by atoms with Crippen molar-refractivity contribution < 1.29 is 19.1 Å². The van der Waals surface area contributed by atoms with Gasteiger partial charge in [-0.3, -0.25) is 19.8 Å². The number of oxime groups is 1. The maximum Gasteiger partial charge on any atom is 0.352 e. The highest BCUT2D eigenvalue weighted by Gasteiger charge is 2.60. The van der Waals surface area contributed by atoms with Crippen molar-refractivity contribution in [3.05, 3.63) is 81.7 Å². The zero-order valence-corrected chi connectivity index (χ0v) is 17.9. The standard InChI is InChI=1S/C21H17N5O5S/c1-13-19(14(2)30-22-13)25-18(27)12-32-21(25)24(16-6-4-3-5-7-16)20(23-31-21)15-8-10-17(11-9-15)26(28)29/h3-11H,12H2,1-2H3. The van der Waals surface area contributed by atoms with E-state index in [4.69, 9.17) is 9.36 Å². The fourth-order valence-electron chi connectivity index (χ4n) is 3.83. The Morgan fingerprint density at radius 1 is 1.09 bits per heavy atom. The highest BCUT2D eigenvalue weighted by Crippen LogP contribution is 2.50. The molecule has 1 aromatic heterocycles. The molecule has 10 nitrogen and oxygen atoms in total. The van der Waals surface area contributed by atoms with Gasteiger partial charge in [0.15, 0.2) is 11.6 Å². The molecular weight excluding hydrogens is 434 g/mol. The van der Waals surface area contributed by atoms with Gasteiger partial charge in [-0.15, -0.1) is 0 Å². The van der Waals surface area contributed by atoms with Crippen LogP contribution in [0.25, 0.3) is 0 Å². The lowest BCUT2D eigenvalue weighted by Gasteiger charge is -2.38. The second-order valence-electron chi connectivity index (χ2n) is 7.22. The molecule has 0 aliphatic carbocycles. The van der Waals surface area contributed by atoms with E-state index in [1.165, 1.54) is 28.8 Å². The number of hydrogen-bond acceptors (Lipinski definition) is 9. The normalized spacial score (nSPS) is 20.1. The van der Waals surface area contributed by atoms with Crippen LogP contribution < -0.4 is 9.80 Å². The molecule has 32 heavy (non-hydrogen) atoms. The third-order valence-electron chi connectivity index (χ3n) is 5.23. The van der Waals surface area contributed by atoms with Gasteiger partial charge in [-0.05, 0) is 38.1 Å². The Labute approximate surface area is 186 Å². The molecule has 3 heterocycles. The van der Waals surface area contributed by atoms with Crippen molar-refractivity contribution in [3.8, 4) is 0 Å². The molecule has 1 spiro atoms. The summed E-state index contributed by atoms with van der Waals surface area (Å²) in [6.45, 7) is 3.49. The molecule has 1 unspecified atom stereocenters. The number of nitro benzene ring substituents is 1. The first-order valence-electron chi connectivity index (χ1n) is 9.68. The van der Waals surface area contributed by atoms with Crippen LogP contribution in [0.4, 0.5) is 17.1 Å². The number of hydrogen-bond donors (Lipinski definition) is 0. The molecule has 0 radical (unpaired) electrons. The number of para-hydroxylation sites is 1. The maximum atomic E-state index is 13.1. The first kappa shape index (κ1) is 20.1. The summed E-state index contributed by atoms with van der Waals surface area (Å²) in [6.07, 6.45) is 0. The van der Waals surface area contributed by atoms with Gasteiger partial charge in [-0.2, -0.15) is 0 Å². The summed E-state index contributed by atoms with van der Waals surface area (Å²) in [5, 5.41) is 18.1. The zero-order chi connectivity index (χ0) is 22.5. The van der Waals surface area contributed by atoms with Crippen molar-refractivity contribution in [3.63, 3.8) is 0 Å². The van der Waals surface area contributed by atoms with Gasteiger partial charge in [-0.1, -0.05) is 40.3 Å². The Morgan fingerprint density at radius 2 is 1.81 bits per heavy atom. The lowest BCUT2D eigenvalue weighted by molar-refractivity contribution is -0.384. The van der Waals surface area contributed by atoms with Gasteiger partial charge in [-0.25, -0.2) is 4.90 Å². The van der Waals surface area contributed by atoms with Gasteiger partial charge >= 0.3 is 5.18 Å². The molecule has 0 saturated carbocycles. The number of rotatable bonds is 4. The number of anilines is 2. The predicted molar refractivity (Wildman–Crippen MR) is 118 cm³/mol. The van der Waals surface area contributed by atoms with Crippen molar-refractivity contribution in [1.82, 2.24) is 5.16 Å². The number of amidine groups is 1. The van der Waals surface area contributed by atoms with Crippen LogP contribution in [0.3, 0.4) is 0 Å². The quantitative estimate of drug-likeness (QED) is 0.435. The average molecular weight is 451 g/mol. The number of benzene rings is 2. The van der Waals surface area contributed by atoms with Crippen LogP contribution in [0.1, 0.15) is 17.0 Å². The molecule has 2 aliphatic heterocycles. The van der Waals surface area contributed by atoms with Gasteiger partial charge in [0, 0.05) is 23.4 Å². The predicted octanol–water partition coefficient (Wildman–Crippen LogP) is 3.79. The molecular formula is C21H17N5O5S. The lowest BCUT2D eigenvalue weighted by Crippen LogP contribution is -2.57. The molecule has 11 heteroatoms. The molecule has 2 aliphatic rings. The van der Waals surface area contributed by atoms with Crippen molar-refractivity contribution >= 4 is 40.6 Å². The zero-order valence-electron chi connectivity index (χ0n) is 17.1. The van der Waals surface area contributed by atoms with E-state index in [0.717, 1.165) is 5.69 Å². The van der Waals surface area contributed by atoms with E-state index in [2.05, 4.69) is 10.3 Å². The molecule has 1 atom stereocenters. The summed E-state index contributed by atoms with van der Waals surface area (Å²) in [4.78, 5) is 33.0. The van der Waals surface area contributed by atoms with Crippen LogP contribution in [0, 0.1) is 24.0 Å². The SMILES string of the molecule is Cc1noc(C)c1N1C(=O)CSC12ON=C(c1ccc([N+](=O)[O-])cc1)N2c1ccccc1. The Balaban J connectivity index is 1.66. The van der Waals surface area contributed by atoms with Gasteiger partial charge < -0.3 is 9.36 Å². The lowest BCUT2D eigenvalue weighted by atomic mass is 10.1. The smallest absolute Gasteiger partial charge is 0.352 e. The Morgan fingerprint density at radius 3 is 2.44 bits per heavy atom. The Hall–Kier alpha value is -3.86. The van der Waals surface area contributed by atoms with Crippen molar-refractivity contribution in [2.75, 3.05) is 15.6 Å². The van der Waals surface area contributed by atoms with E-state index in [9.17, 15) is 14.9 Å². The summed E-state index contributed by atoms with van der Waals surface area (Å²) >= 11 is 1.28. The van der Waals surface area contributed by atoms with Crippen molar-refractivity contribution in [2.45, 2.75) is 19.0 Å². The van der Waals surface area contributed by atoms with Crippen LogP contribution in [0.15, 0.2) is 64.3 Å². The van der Waals surface area contributed by atoms with Crippen molar-refractivity contribution in [1.29, 1.82) is 0 Å². The number of nitrogens with zero attached hydrogens (tertiary/aromatic N) is 5. The van der Waals surface area contributed by atoms with Gasteiger partial charge in [0.25, 0.3) is 5.69 Å². The van der Waals surface area contributed by atoms with Crippen LogP contribution in [0.2, 0.25) is 0 Å². The number of carbonyl (C=O) groups is 1. The number of carbonyl (C=O) groups excluding carboxylic acids is 1. The molecule has 1 amide bonds. The van der Waals surface area contributed by atoms with Crippen LogP contribution in [-0.4, -0.2) is 32.8 Å². The van der Waals surface area contributed by atoms with E-state index >= 15 is 0 Å². The molecule has 2 aromatic carbocycles.